The second-order valence-corrected chi connectivity index (χ2v) is 5.66. The Morgan fingerprint density at radius 2 is 1.95 bits per heavy atom. The first-order chi connectivity index (χ1) is 10.6. The molecule has 2 aromatic rings. The lowest BCUT2D eigenvalue weighted by molar-refractivity contribution is 1.07. The molecule has 2 rings (SSSR count). The van der Waals surface area contributed by atoms with Crippen LogP contribution in [0.5, 0.6) is 0 Å². The fourth-order valence-corrected chi connectivity index (χ4v) is 2.84. The largest absolute Gasteiger partial charge is 0.296 e. The molecule has 0 spiro atoms. The molecule has 0 radical (unpaired) electrons. The maximum Gasteiger partial charge on any atom is 0.158 e. The monoisotopic (exact) mass is 307 g/mol. The number of nitriles is 2. The van der Waals surface area contributed by atoms with Gasteiger partial charge in [-0.05, 0) is 43.3 Å². The third kappa shape index (κ3) is 3.08. The molecule has 1 aromatic heterocycles. The Morgan fingerprint density at radius 1 is 1.18 bits per heavy atom. The average molecular weight is 307 g/mol. The summed E-state index contributed by atoms with van der Waals surface area (Å²) < 4.78 is 0. The molecule has 0 aliphatic heterocycles. The van der Waals surface area contributed by atoms with E-state index in [1.165, 1.54) is 11.3 Å². The predicted molar refractivity (Wildman–Crippen MR) is 87.1 cm³/mol. The van der Waals surface area contributed by atoms with Gasteiger partial charge < -0.3 is 0 Å². The standard InChI is InChI=1S/C16H13N5S/c1-10-6-12(9-19-3)4-5-14(10)20-21-16-13(7-17)11(2)15(8-18)22-16/h4-6H,3,9H2,1-2H3. The van der Waals surface area contributed by atoms with Crippen molar-refractivity contribution < 1.29 is 0 Å². The van der Waals surface area contributed by atoms with Gasteiger partial charge >= 0.3 is 0 Å². The van der Waals surface area contributed by atoms with Crippen molar-refractivity contribution in [1.82, 2.24) is 0 Å². The van der Waals surface area contributed by atoms with Gasteiger partial charge in [0.05, 0.1) is 17.8 Å². The summed E-state index contributed by atoms with van der Waals surface area (Å²) in [5.74, 6) is 0. The topological polar surface area (TPSA) is 84.7 Å². The zero-order valence-electron chi connectivity index (χ0n) is 12.3. The highest BCUT2D eigenvalue weighted by atomic mass is 32.1. The van der Waals surface area contributed by atoms with Crippen molar-refractivity contribution in [3.63, 3.8) is 0 Å². The molecule has 0 fully saturated rings. The molecule has 1 heterocycles. The first-order valence-electron chi connectivity index (χ1n) is 6.48. The van der Waals surface area contributed by atoms with Crippen LogP contribution in [-0.4, -0.2) is 6.72 Å². The Labute approximate surface area is 132 Å². The molecule has 6 heteroatoms. The van der Waals surface area contributed by atoms with Crippen LogP contribution in [0.3, 0.4) is 0 Å². The van der Waals surface area contributed by atoms with Gasteiger partial charge in [0.25, 0.3) is 0 Å². The van der Waals surface area contributed by atoms with E-state index in [0.29, 0.717) is 27.5 Å². The van der Waals surface area contributed by atoms with Gasteiger partial charge in [0.2, 0.25) is 0 Å². The zero-order chi connectivity index (χ0) is 16.1. The molecule has 0 unspecified atom stereocenters. The van der Waals surface area contributed by atoms with E-state index >= 15 is 0 Å². The summed E-state index contributed by atoms with van der Waals surface area (Å²) in [6.45, 7) is 7.72. The van der Waals surface area contributed by atoms with Crippen LogP contribution in [0.25, 0.3) is 0 Å². The molecule has 0 atom stereocenters. The minimum Gasteiger partial charge on any atom is -0.296 e. The normalized spacial score (nSPS) is 10.4. The van der Waals surface area contributed by atoms with E-state index in [4.69, 9.17) is 5.26 Å². The van der Waals surface area contributed by atoms with E-state index in [0.717, 1.165) is 16.8 Å². The average Bonchev–Trinajstić information content (AvgIpc) is 2.82. The summed E-state index contributed by atoms with van der Waals surface area (Å²) in [5.41, 5.74) is 3.82. The molecule has 0 aliphatic carbocycles. The van der Waals surface area contributed by atoms with Crippen LogP contribution in [0.4, 0.5) is 10.7 Å². The summed E-state index contributed by atoms with van der Waals surface area (Å²) in [6.07, 6.45) is 0. The first-order valence-corrected chi connectivity index (χ1v) is 7.29. The van der Waals surface area contributed by atoms with E-state index in [9.17, 15) is 5.26 Å². The lowest BCUT2D eigenvalue weighted by atomic mass is 10.1. The van der Waals surface area contributed by atoms with E-state index in [1.807, 2.05) is 25.1 Å². The molecule has 108 valence electrons. The summed E-state index contributed by atoms with van der Waals surface area (Å²) >= 11 is 1.18. The van der Waals surface area contributed by atoms with E-state index < -0.39 is 0 Å². The maximum atomic E-state index is 9.18. The van der Waals surface area contributed by atoms with Gasteiger partial charge in [-0.15, -0.1) is 21.6 Å². The minimum absolute atomic E-state index is 0.412. The Bertz CT molecular complexity index is 833. The van der Waals surface area contributed by atoms with Gasteiger partial charge in [0.15, 0.2) is 5.00 Å². The third-order valence-electron chi connectivity index (χ3n) is 3.15. The van der Waals surface area contributed by atoms with Crippen LogP contribution < -0.4 is 0 Å². The molecule has 22 heavy (non-hydrogen) atoms. The number of aliphatic imine (C=N–C) groups is 1. The zero-order valence-corrected chi connectivity index (χ0v) is 13.1. The van der Waals surface area contributed by atoms with Crippen molar-refractivity contribution in [2.24, 2.45) is 15.2 Å². The second-order valence-electron chi connectivity index (χ2n) is 4.66. The van der Waals surface area contributed by atoms with Crippen LogP contribution in [0, 0.1) is 36.5 Å². The van der Waals surface area contributed by atoms with Gasteiger partial charge in [-0.1, -0.05) is 12.1 Å². The lowest BCUT2D eigenvalue weighted by Gasteiger charge is -2.01. The molecular formula is C16H13N5S. The number of rotatable bonds is 4. The van der Waals surface area contributed by atoms with Gasteiger partial charge in [-0.25, -0.2) is 0 Å². The highest BCUT2D eigenvalue weighted by Gasteiger charge is 2.14. The number of benzene rings is 1. The highest BCUT2D eigenvalue weighted by Crippen LogP contribution is 2.35. The number of hydrogen-bond acceptors (Lipinski definition) is 6. The van der Waals surface area contributed by atoms with Gasteiger partial charge in [0, 0.05) is 0 Å². The number of azo groups is 1. The number of aryl methyl sites for hydroxylation is 1. The maximum absolute atomic E-state index is 9.18. The van der Waals surface area contributed by atoms with Gasteiger partial charge in [-0.2, -0.15) is 10.5 Å². The second kappa shape index (κ2) is 6.75. The predicted octanol–water partition coefficient (Wildman–Crippen LogP) is 4.72. The van der Waals surface area contributed by atoms with Crippen molar-refractivity contribution in [1.29, 1.82) is 10.5 Å². The van der Waals surface area contributed by atoms with Crippen LogP contribution >= 0.6 is 11.3 Å². The van der Waals surface area contributed by atoms with Crippen molar-refractivity contribution in [2.45, 2.75) is 20.4 Å². The molecule has 0 saturated heterocycles. The van der Waals surface area contributed by atoms with Gasteiger partial charge in [0.1, 0.15) is 17.0 Å². The number of nitrogens with zero attached hydrogens (tertiary/aromatic N) is 5. The van der Waals surface area contributed by atoms with E-state index in [-0.39, 0.29) is 0 Å². The Morgan fingerprint density at radius 3 is 2.55 bits per heavy atom. The highest BCUT2D eigenvalue weighted by molar-refractivity contribution is 7.16. The molecular weight excluding hydrogens is 294 g/mol. The first kappa shape index (κ1) is 15.6. The smallest absolute Gasteiger partial charge is 0.158 e. The summed E-state index contributed by atoms with van der Waals surface area (Å²) in [6, 6.07) is 9.91. The lowest BCUT2D eigenvalue weighted by Crippen LogP contribution is -1.82. The summed E-state index contributed by atoms with van der Waals surface area (Å²) in [5, 5.41) is 27.0. The van der Waals surface area contributed by atoms with E-state index in [2.05, 4.69) is 34.1 Å². The van der Waals surface area contributed by atoms with Gasteiger partial charge in [-0.3, -0.25) is 4.99 Å². The molecule has 0 amide bonds. The van der Waals surface area contributed by atoms with Crippen LogP contribution in [0.1, 0.15) is 27.1 Å². The summed E-state index contributed by atoms with van der Waals surface area (Å²) in [4.78, 5) is 4.34. The molecule has 0 aliphatic rings. The molecule has 0 bridgehead atoms. The minimum atomic E-state index is 0.412. The van der Waals surface area contributed by atoms with Crippen LogP contribution in [0.15, 0.2) is 33.4 Å². The quantitative estimate of drug-likeness (QED) is 0.604. The van der Waals surface area contributed by atoms with Crippen molar-refractivity contribution in [3.8, 4) is 12.1 Å². The molecule has 0 saturated carbocycles. The van der Waals surface area contributed by atoms with Crippen molar-refractivity contribution >= 4 is 28.7 Å². The Kier molecular flexibility index (Phi) is 4.77. The SMILES string of the molecule is C=NCc1ccc(N=Nc2sc(C#N)c(C)c2C#N)c(C)c1. The third-order valence-corrected chi connectivity index (χ3v) is 4.23. The van der Waals surface area contributed by atoms with E-state index in [1.54, 1.807) is 6.92 Å². The summed E-state index contributed by atoms with van der Waals surface area (Å²) in [7, 11) is 0. The fraction of sp³-hybridized carbons (Fsp3) is 0.188. The molecule has 5 nitrogen and oxygen atoms in total. The number of hydrogen-bond donors (Lipinski definition) is 0. The Balaban J connectivity index is 2.36. The van der Waals surface area contributed by atoms with Crippen LogP contribution in [0.2, 0.25) is 0 Å². The Hall–Kier alpha value is -2.83. The van der Waals surface area contributed by atoms with Crippen LogP contribution in [-0.2, 0) is 6.54 Å². The van der Waals surface area contributed by atoms with Crippen molar-refractivity contribution in [3.05, 3.63) is 45.3 Å². The van der Waals surface area contributed by atoms with Crippen molar-refractivity contribution in [2.75, 3.05) is 0 Å². The molecule has 0 N–H and O–H groups in total. The number of thiophene rings is 1. The fourth-order valence-electron chi connectivity index (χ4n) is 1.96. The molecule has 1 aromatic carbocycles.